The van der Waals surface area contributed by atoms with Crippen LogP contribution in [0.25, 0.3) is 0 Å². The van der Waals surface area contributed by atoms with Gasteiger partial charge in [-0.25, -0.2) is 0 Å². The maximum atomic E-state index is 12.2. The van der Waals surface area contributed by atoms with Crippen molar-refractivity contribution in [1.82, 2.24) is 10.6 Å². The second-order valence-electron chi connectivity index (χ2n) is 4.42. The fraction of sp³-hybridized carbons (Fsp3) is 0.214. The van der Waals surface area contributed by atoms with E-state index < -0.39 is 9.96 Å². The van der Waals surface area contributed by atoms with Crippen LogP contribution in [0.3, 0.4) is 0 Å². The first kappa shape index (κ1) is 17.6. The maximum Gasteiger partial charge on any atom is 0.252 e. The molecule has 0 bridgehead atoms. The molecule has 1 aromatic heterocycles. The second-order valence-corrected chi connectivity index (χ2v) is 7.70. The van der Waals surface area contributed by atoms with Gasteiger partial charge in [-0.1, -0.05) is 50.7 Å². The van der Waals surface area contributed by atoms with Gasteiger partial charge in [0.15, 0.2) is 0 Å². The number of furan rings is 1. The molecule has 1 atom stereocenters. The SMILES string of the molecule is O=C(N[C@@H](NCc1ccco1)C(Cl)(Cl)Cl)c1ccc(Br)cc1. The lowest BCUT2D eigenvalue weighted by Gasteiger charge is -2.26. The van der Waals surface area contributed by atoms with Gasteiger partial charge in [-0.05, 0) is 36.4 Å². The summed E-state index contributed by atoms with van der Waals surface area (Å²) in [4.78, 5) is 12.2. The van der Waals surface area contributed by atoms with Crippen molar-refractivity contribution in [2.24, 2.45) is 0 Å². The van der Waals surface area contributed by atoms with Crippen LogP contribution in [0, 0.1) is 0 Å². The van der Waals surface area contributed by atoms with E-state index in [0.29, 0.717) is 17.9 Å². The summed E-state index contributed by atoms with van der Waals surface area (Å²) in [5.74, 6) is 0.313. The smallest absolute Gasteiger partial charge is 0.252 e. The first-order chi connectivity index (χ1) is 10.4. The number of alkyl halides is 3. The average molecular weight is 427 g/mol. The maximum absolute atomic E-state index is 12.2. The average Bonchev–Trinajstić information content (AvgIpc) is 2.96. The third-order valence-corrected chi connectivity index (χ3v) is 3.95. The molecule has 1 aromatic carbocycles. The van der Waals surface area contributed by atoms with Crippen LogP contribution in [0.15, 0.2) is 51.6 Å². The van der Waals surface area contributed by atoms with Crippen LogP contribution >= 0.6 is 50.7 Å². The van der Waals surface area contributed by atoms with E-state index in [9.17, 15) is 4.79 Å². The summed E-state index contributed by atoms with van der Waals surface area (Å²) in [6.45, 7) is 0.312. The van der Waals surface area contributed by atoms with Crippen LogP contribution in [-0.2, 0) is 6.54 Å². The summed E-state index contributed by atoms with van der Waals surface area (Å²) in [5.41, 5.74) is 0.460. The lowest BCUT2D eigenvalue weighted by Crippen LogP contribution is -2.53. The Morgan fingerprint density at radius 3 is 2.45 bits per heavy atom. The molecular weight excluding hydrogens is 414 g/mol. The molecule has 1 amide bonds. The predicted octanol–water partition coefficient (Wildman–Crippen LogP) is 4.26. The summed E-state index contributed by atoms with van der Waals surface area (Å²) in [7, 11) is 0. The quantitative estimate of drug-likeness (QED) is 0.555. The summed E-state index contributed by atoms with van der Waals surface area (Å²) in [6.07, 6.45) is 0.667. The lowest BCUT2D eigenvalue weighted by atomic mass is 10.2. The van der Waals surface area contributed by atoms with E-state index in [1.165, 1.54) is 0 Å². The molecule has 22 heavy (non-hydrogen) atoms. The van der Waals surface area contributed by atoms with Gasteiger partial charge in [-0.2, -0.15) is 0 Å². The van der Waals surface area contributed by atoms with Crippen molar-refractivity contribution in [2.75, 3.05) is 0 Å². The molecule has 0 aliphatic heterocycles. The van der Waals surface area contributed by atoms with Gasteiger partial charge >= 0.3 is 0 Å². The van der Waals surface area contributed by atoms with Gasteiger partial charge in [0.05, 0.1) is 12.8 Å². The van der Waals surface area contributed by atoms with E-state index in [4.69, 9.17) is 39.2 Å². The molecule has 1 heterocycles. The molecule has 0 saturated carbocycles. The minimum atomic E-state index is -1.71. The molecule has 0 fully saturated rings. The Morgan fingerprint density at radius 2 is 1.91 bits per heavy atom. The molecule has 118 valence electrons. The van der Waals surface area contributed by atoms with Gasteiger partial charge < -0.3 is 9.73 Å². The number of benzene rings is 1. The number of nitrogens with one attached hydrogen (secondary N) is 2. The molecule has 0 spiro atoms. The first-order valence-electron chi connectivity index (χ1n) is 6.25. The minimum Gasteiger partial charge on any atom is -0.468 e. The second kappa shape index (κ2) is 7.70. The molecule has 2 N–H and O–H groups in total. The minimum absolute atomic E-state index is 0.312. The van der Waals surface area contributed by atoms with Crippen LogP contribution in [0.4, 0.5) is 0 Å². The van der Waals surface area contributed by atoms with Gasteiger partial charge in [0.1, 0.15) is 11.9 Å². The number of carbonyl (C=O) groups is 1. The van der Waals surface area contributed by atoms with E-state index in [1.807, 2.05) is 0 Å². The van der Waals surface area contributed by atoms with Gasteiger partial charge in [-0.3, -0.25) is 10.1 Å². The van der Waals surface area contributed by atoms with E-state index in [-0.39, 0.29) is 5.91 Å². The van der Waals surface area contributed by atoms with Crippen molar-refractivity contribution >= 4 is 56.6 Å². The van der Waals surface area contributed by atoms with Gasteiger partial charge in [0.2, 0.25) is 3.79 Å². The highest BCUT2D eigenvalue weighted by Crippen LogP contribution is 2.29. The molecule has 2 rings (SSSR count). The Balaban J connectivity index is 2.03. The Kier molecular flexibility index (Phi) is 6.17. The van der Waals surface area contributed by atoms with Crippen LogP contribution in [0.2, 0.25) is 0 Å². The fourth-order valence-electron chi connectivity index (χ4n) is 1.68. The van der Waals surface area contributed by atoms with Crippen molar-refractivity contribution < 1.29 is 9.21 Å². The zero-order valence-corrected chi connectivity index (χ0v) is 15.0. The lowest BCUT2D eigenvalue weighted by molar-refractivity contribution is 0.0928. The highest BCUT2D eigenvalue weighted by molar-refractivity contribution is 9.10. The van der Waals surface area contributed by atoms with E-state index >= 15 is 0 Å². The standard InChI is InChI=1S/C14H12BrCl3N2O2/c15-10-5-3-9(4-6-10)12(21)20-13(14(16,17)18)19-8-11-2-1-7-22-11/h1-7,13,19H,8H2,(H,20,21)/t13-/m1/s1. The Morgan fingerprint density at radius 1 is 1.23 bits per heavy atom. The zero-order valence-electron chi connectivity index (χ0n) is 11.2. The molecule has 0 saturated heterocycles. The number of rotatable bonds is 5. The number of hydrogen-bond donors (Lipinski definition) is 2. The van der Waals surface area contributed by atoms with Gasteiger partial charge in [0, 0.05) is 10.0 Å². The molecule has 8 heteroatoms. The topological polar surface area (TPSA) is 54.3 Å². The predicted molar refractivity (Wildman–Crippen MR) is 91.2 cm³/mol. The largest absolute Gasteiger partial charge is 0.468 e. The molecule has 0 aliphatic carbocycles. The first-order valence-corrected chi connectivity index (χ1v) is 8.18. The van der Waals surface area contributed by atoms with Crippen LogP contribution in [0.5, 0.6) is 0 Å². The molecule has 0 unspecified atom stereocenters. The highest BCUT2D eigenvalue weighted by Gasteiger charge is 2.34. The van der Waals surface area contributed by atoms with E-state index in [0.717, 1.165) is 4.47 Å². The molecule has 4 nitrogen and oxygen atoms in total. The van der Waals surface area contributed by atoms with Crippen molar-refractivity contribution in [1.29, 1.82) is 0 Å². The van der Waals surface area contributed by atoms with E-state index in [1.54, 1.807) is 42.7 Å². The van der Waals surface area contributed by atoms with Crippen molar-refractivity contribution in [3.63, 3.8) is 0 Å². The highest BCUT2D eigenvalue weighted by atomic mass is 79.9. The summed E-state index contributed by atoms with van der Waals surface area (Å²) in [6, 6.07) is 10.4. The third-order valence-electron chi connectivity index (χ3n) is 2.77. The molecule has 0 radical (unpaired) electrons. The molecule has 2 aromatic rings. The third kappa shape index (κ3) is 5.18. The van der Waals surface area contributed by atoms with Crippen molar-refractivity contribution in [3.05, 3.63) is 58.5 Å². The van der Waals surface area contributed by atoms with Crippen molar-refractivity contribution in [2.45, 2.75) is 16.5 Å². The molecular formula is C14H12BrCl3N2O2. The van der Waals surface area contributed by atoms with Crippen LogP contribution < -0.4 is 10.6 Å². The zero-order chi connectivity index (χ0) is 16.2. The van der Waals surface area contributed by atoms with Crippen LogP contribution in [-0.4, -0.2) is 15.9 Å². The Bertz CT molecular complexity index is 612. The number of hydrogen-bond acceptors (Lipinski definition) is 3. The number of amides is 1. The monoisotopic (exact) mass is 424 g/mol. The van der Waals surface area contributed by atoms with Crippen molar-refractivity contribution in [3.8, 4) is 0 Å². The van der Waals surface area contributed by atoms with E-state index in [2.05, 4.69) is 26.6 Å². The Labute approximate surface area is 151 Å². The van der Waals surface area contributed by atoms with Gasteiger partial charge in [-0.15, -0.1) is 0 Å². The normalized spacial score (nSPS) is 12.9. The summed E-state index contributed by atoms with van der Waals surface area (Å²) < 4.78 is 4.35. The molecule has 0 aliphatic rings. The van der Waals surface area contributed by atoms with Gasteiger partial charge in [0.25, 0.3) is 5.91 Å². The summed E-state index contributed by atoms with van der Waals surface area (Å²) in [5, 5.41) is 5.60. The fourth-order valence-corrected chi connectivity index (χ4v) is 2.34. The number of halogens is 4. The Hall–Kier alpha value is -0.720. The van der Waals surface area contributed by atoms with Crippen LogP contribution in [0.1, 0.15) is 16.1 Å². The number of carbonyl (C=O) groups excluding carboxylic acids is 1. The summed E-state index contributed by atoms with van der Waals surface area (Å²) >= 11 is 21.0.